The van der Waals surface area contributed by atoms with E-state index in [1.165, 1.54) is 24.8 Å². The third-order valence-electron chi connectivity index (χ3n) is 3.03. The Morgan fingerprint density at radius 2 is 2.08 bits per heavy atom. The van der Waals surface area contributed by atoms with Crippen LogP contribution in [-0.4, -0.2) is 9.78 Å². The number of nitrogens with two attached hydrogens (primary N) is 1. The van der Waals surface area contributed by atoms with Crippen LogP contribution in [0.1, 0.15) is 37.7 Å². The topological polar surface area (TPSA) is 43.8 Å². The van der Waals surface area contributed by atoms with Gasteiger partial charge >= 0.3 is 0 Å². The first-order chi connectivity index (χ1) is 6.21. The van der Waals surface area contributed by atoms with Gasteiger partial charge in [-0.1, -0.05) is 19.3 Å². The van der Waals surface area contributed by atoms with Crippen LogP contribution in [0.15, 0.2) is 12.4 Å². The van der Waals surface area contributed by atoms with Crippen LogP contribution in [0.3, 0.4) is 0 Å². The van der Waals surface area contributed by atoms with E-state index in [1.807, 2.05) is 24.1 Å². The van der Waals surface area contributed by atoms with E-state index in [-0.39, 0.29) is 5.54 Å². The number of rotatable bonds is 1. The summed E-state index contributed by atoms with van der Waals surface area (Å²) in [5.41, 5.74) is 7.45. The third kappa shape index (κ3) is 1.61. The van der Waals surface area contributed by atoms with E-state index < -0.39 is 0 Å². The Bertz CT molecular complexity index is 284. The zero-order chi connectivity index (χ0) is 9.31. The Balaban J connectivity index is 2.22. The lowest BCUT2D eigenvalue weighted by Crippen LogP contribution is -2.38. The van der Waals surface area contributed by atoms with Gasteiger partial charge in [-0.25, -0.2) is 0 Å². The van der Waals surface area contributed by atoms with Gasteiger partial charge in [-0.2, -0.15) is 5.10 Å². The Kier molecular flexibility index (Phi) is 2.12. The van der Waals surface area contributed by atoms with Crippen LogP contribution in [0.4, 0.5) is 0 Å². The Hall–Kier alpha value is -0.830. The minimum Gasteiger partial charge on any atom is -0.321 e. The molecule has 1 heterocycles. The fourth-order valence-corrected chi connectivity index (χ4v) is 2.15. The fourth-order valence-electron chi connectivity index (χ4n) is 2.15. The van der Waals surface area contributed by atoms with Crippen molar-refractivity contribution in [2.75, 3.05) is 0 Å². The van der Waals surface area contributed by atoms with Gasteiger partial charge < -0.3 is 5.73 Å². The maximum Gasteiger partial charge on any atom is 0.0540 e. The molecule has 2 N–H and O–H groups in total. The highest BCUT2D eigenvalue weighted by Crippen LogP contribution is 2.34. The molecular weight excluding hydrogens is 162 g/mol. The van der Waals surface area contributed by atoms with Gasteiger partial charge in [-0.15, -0.1) is 0 Å². The van der Waals surface area contributed by atoms with Gasteiger partial charge in [0.05, 0.1) is 6.20 Å². The van der Waals surface area contributed by atoms with Gasteiger partial charge in [0.25, 0.3) is 0 Å². The van der Waals surface area contributed by atoms with Crippen molar-refractivity contribution in [3.05, 3.63) is 18.0 Å². The van der Waals surface area contributed by atoms with Crippen molar-refractivity contribution >= 4 is 0 Å². The van der Waals surface area contributed by atoms with E-state index in [1.54, 1.807) is 0 Å². The molecule has 72 valence electrons. The molecule has 3 nitrogen and oxygen atoms in total. The lowest BCUT2D eigenvalue weighted by atomic mass is 9.79. The molecule has 0 aromatic carbocycles. The van der Waals surface area contributed by atoms with E-state index in [4.69, 9.17) is 5.73 Å². The molecule has 1 saturated carbocycles. The van der Waals surface area contributed by atoms with E-state index in [2.05, 4.69) is 5.10 Å². The highest BCUT2D eigenvalue weighted by atomic mass is 15.2. The quantitative estimate of drug-likeness (QED) is 0.710. The van der Waals surface area contributed by atoms with E-state index in [9.17, 15) is 0 Å². The maximum atomic E-state index is 6.34. The zero-order valence-electron chi connectivity index (χ0n) is 8.16. The van der Waals surface area contributed by atoms with Crippen LogP contribution in [0, 0.1) is 0 Å². The van der Waals surface area contributed by atoms with Crippen molar-refractivity contribution in [2.45, 2.75) is 37.6 Å². The van der Waals surface area contributed by atoms with Crippen molar-refractivity contribution < 1.29 is 0 Å². The molecule has 0 saturated heterocycles. The Morgan fingerprint density at radius 3 is 2.62 bits per heavy atom. The molecule has 0 amide bonds. The molecule has 0 aliphatic heterocycles. The average molecular weight is 179 g/mol. The second-order valence-corrected chi connectivity index (χ2v) is 4.12. The van der Waals surface area contributed by atoms with Crippen LogP contribution < -0.4 is 5.73 Å². The number of aryl methyl sites for hydroxylation is 1. The summed E-state index contributed by atoms with van der Waals surface area (Å²) in [5.74, 6) is 0. The van der Waals surface area contributed by atoms with E-state index >= 15 is 0 Å². The highest BCUT2D eigenvalue weighted by Gasteiger charge is 2.30. The second-order valence-electron chi connectivity index (χ2n) is 4.12. The number of hydrogen-bond acceptors (Lipinski definition) is 2. The molecule has 1 aliphatic rings. The van der Waals surface area contributed by atoms with Crippen LogP contribution in [0.5, 0.6) is 0 Å². The monoisotopic (exact) mass is 179 g/mol. The van der Waals surface area contributed by atoms with E-state index in [0.29, 0.717) is 0 Å². The van der Waals surface area contributed by atoms with Gasteiger partial charge in [0, 0.05) is 24.3 Å². The summed E-state index contributed by atoms with van der Waals surface area (Å²) in [6.45, 7) is 0. The summed E-state index contributed by atoms with van der Waals surface area (Å²) in [5, 5.41) is 4.17. The summed E-state index contributed by atoms with van der Waals surface area (Å²) in [4.78, 5) is 0. The van der Waals surface area contributed by atoms with Crippen molar-refractivity contribution in [1.82, 2.24) is 9.78 Å². The lowest BCUT2D eigenvalue weighted by molar-refractivity contribution is 0.302. The minimum absolute atomic E-state index is 0.0908. The molecule has 0 unspecified atom stereocenters. The van der Waals surface area contributed by atoms with Gasteiger partial charge in [0.2, 0.25) is 0 Å². The largest absolute Gasteiger partial charge is 0.321 e. The molecule has 0 spiro atoms. The molecule has 0 atom stereocenters. The summed E-state index contributed by atoms with van der Waals surface area (Å²) in [7, 11) is 1.94. The molecular formula is C10H17N3. The fraction of sp³-hybridized carbons (Fsp3) is 0.700. The predicted molar refractivity (Wildman–Crippen MR) is 52.2 cm³/mol. The molecule has 0 radical (unpaired) electrons. The van der Waals surface area contributed by atoms with Crippen LogP contribution in [0.25, 0.3) is 0 Å². The zero-order valence-corrected chi connectivity index (χ0v) is 8.16. The summed E-state index contributed by atoms with van der Waals surface area (Å²) >= 11 is 0. The second kappa shape index (κ2) is 3.14. The third-order valence-corrected chi connectivity index (χ3v) is 3.03. The Labute approximate surface area is 78.9 Å². The summed E-state index contributed by atoms with van der Waals surface area (Å²) in [6, 6.07) is 0. The van der Waals surface area contributed by atoms with Crippen LogP contribution in [0.2, 0.25) is 0 Å². The SMILES string of the molecule is Cn1cc(C2(N)CCCCC2)cn1. The number of aromatic nitrogens is 2. The van der Waals surface area contributed by atoms with Crippen molar-refractivity contribution in [3.63, 3.8) is 0 Å². The first-order valence-corrected chi connectivity index (χ1v) is 4.99. The first kappa shape index (κ1) is 8.75. The summed E-state index contributed by atoms with van der Waals surface area (Å²) in [6.07, 6.45) is 10.0. The van der Waals surface area contributed by atoms with Crippen LogP contribution in [-0.2, 0) is 12.6 Å². The predicted octanol–water partition coefficient (Wildman–Crippen LogP) is 1.54. The van der Waals surface area contributed by atoms with Crippen LogP contribution >= 0.6 is 0 Å². The first-order valence-electron chi connectivity index (χ1n) is 4.99. The minimum atomic E-state index is -0.0908. The smallest absolute Gasteiger partial charge is 0.0540 e. The maximum absolute atomic E-state index is 6.34. The standard InChI is InChI=1S/C10H17N3/c1-13-8-9(7-12-13)10(11)5-3-2-4-6-10/h7-8H,2-6,11H2,1H3. The molecule has 1 aromatic heterocycles. The molecule has 1 aromatic rings. The molecule has 13 heavy (non-hydrogen) atoms. The molecule has 1 aliphatic carbocycles. The number of nitrogens with zero attached hydrogens (tertiary/aromatic N) is 2. The lowest BCUT2D eigenvalue weighted by Gasteiger charge is -2.32. The van der Waals surface area contributed by atoms with E-state index in [0.717, 1.165) is 12.8 Å². The Morgan fingerprint density at radius 1 is 1.38 bits per heavy atom. The van der Waals surface area contributed by atoms with Gasteiger partial charge in [-0.3, -0.25) is 4.68 Å². The normalized spacial score (nSPS) is 21.7. The highest BCUT2D eigenvalue weighted by molar-refractivity contribution is 5.18. The van der Waals surface area contributed by atoms with Gasteiger partial charge in [-0.05, 0) is 12.8 Å². The van der Waals surface area contributed by atoms with Gasteiger partial charge in [0.1, 0.15) is 0 Å². The van der Waals surface area contributed by atoms with Crippen molar-refractivity contribution in [2.24, 2.45) is 12.8 Å². The molecule has 2 rings (SSSR count). The average Bonchev–Trinajstić information content (AvgIpc) is 2.54. The molecule has 3 heteroatoms. The van der Waals surface area contributed by atoms with Gasteiger partial charge in [0.15, 0.2) is 0 Å². The number of hydrogen-bond donors (Lipinski definition) is 1. The van der Waals surface area contributed by atoms with Crippen molar-refractivity contribution in [3.8, 4) is 0 Å². The summed E-state index contributed by atoms with van der Waals surface area (Å²) < 4.78 is 1.83. The van der Waals surface area contributed by atoms with Crippen molar-refractivity contribution in [1.29, 1.82) is 0 Å². The molecule has 0 bridgehead atoms. The molecule has 1 fully saturated rings.